The van der Waals surface area contributed by atoms with Gasteiger partial charge in [0, 0.05) is 24.0 Å². The van der Waals surface area contributed by atoms with Gasteiger partial charge in [-0.15, -0.1) is 0 Å². The Morgan fingerprint density at radius 2 is 1.47 bits per heavy atom. The average Bonchev–Trinajstić information content (AvgIpc) is 3.02. The van der Waals surface area contributed by atoms with Crippen LogP contribution >= 0.6 is 7.37 Å². The minimum absolute atomic E-state index is 0.00795. The van der Waals surface area contributed by atoms with E-state index in [0.717, 1.165) is 17.4 Å². The summed E-state index contributed by atoms with van der Waals surface area (Å²) >= 11 is 0. The van der Waals surface area contributed by atoms with Gasteiger partial charge >= 0.3 is 0 Å². The highest BCUT2D eigenvalue weighted by atomic mass is 32.2. The van der Waals surface area contributed by atoms with Gasteiger partial charge in [0.05, 0.1) is 11.9 Å². The second-order valence-corrected chi connectivity index (χ2v) is 14.7. The monoisotopic (exact) mass is 654 g/mol. The van der Waals surface area contributed by atoms with Crippen LogP contribution in [0.25, 0.3) is 0 Å². The third kappa shape index (κ3) is 11.5. The van der Waals surface area contributed by atoms with Crippen LogP contribution in [0.2, 0.25) is 0 Å². The minimum atomic E-state index is -3.62. The van der Waals surface area contributed by atoms with Crippen molar-refractivity contribution in [2.24, 2.45) is 0 Å². The van der Waals surface area contributed by atoms with Crippen molar-refractivity contribution in [2.45, 2.75) is 32.1 Å². The van der Waals surface area contributed by atoms with Gasteiger partial charge in [0.15, 0.2) is 6.35 Å². The number of hydrogen-bond donors (Lipinski definition) is 4. The number of anilines is 1. The number of hydrogen-bond acceptors (Lipinski definition) is 8. The van der Waals surface area contributed by atoms with Crippen LogP contribution in [-0.4, -0.2) is 56.3 Å². The van der Waals surface area contributed by atoms with Crippen molar-refractivity contribution in [3.63, 3.8) is 0 Å². The van der Waals surface area contributed by atoms with Gasteiger partial charge in [-0.1, -0.05) is 60.7 Å². The van der Waals surface area contributed by atoms with Gasteiger partial charge in [-0.25, -0.2) is 8.42 Å². The highest BCUT2D eigenvalue weighted by Crippen LogP contribution is 2.39. The lowest BCUT2D eigenvalue weighted by molar-refractivity contribution is 0.104. The van der Waals surface area contributed by atoms with Gasteiger partial charge in [0.1, 0.15) is 36.6 Å². The van der Waals surface area contributed by atoms with E-state index in [4.69, 9.17) is 14.2 Å². The smallest absolute Gasteiger partial charge is 0.265 e. The summed E-state index contributed by atoms with van der Waals surface area (Å²) in [6.45, 7) is 2.53. The molecule has 4 rings (SSSR count). The summed E-state index contributed by atoms with van der Waals surface area (Å²) in [5.41, 5.74) is 2.21. The zero-order valence-corrected chi connectivity index (χ0v) is 26.9. The number of ether oxygens (including phenoxy) is 3. The Balaban J connectivity index is 1.22. The highest BCUT2D eigenvalue weighted by molar-refractivity contribution is 7.92. The number of rotatable bonds is 17. The Morgan fingerprint density at radius 3 is 2.13 bits per heavy atom. The molecule has 0 spiro atoms. The van der Waals surface area contributed by atoms with Crippen LogP contribution in [0.5, 0.6) is 17.2 Å². The molecule has 0 bridgehead atoms. The van der Waals surface area contributed by atoms with E-state index in [1.54, 1.807) is 54.6 Å². The lowest BCUT2D eigenvalue weighted by atomic mass is 10.1. The molecule has 0 aliphatic rings. The Morgan fingerprint density at radius 1 is 0.822 bits per heavy atom. The fourth-order valence-electron chi connectivity index (χ4n) is 4.37. The first-order valence-electron chi connectivity index (χ1n) is 14.4. The fraction of sp³-hybridized carbons (Fsp3) is 0.273. The van der Waals surface area contributed by atoms with Gasteiger partial charge < -0.3 is 29.5 Å². The van der Waals surface area contributed by atoms with E-state index in [1.165, 1.54) is 6.07 Å². The van der Waals surface area contributed by atoms with Crippen molar-refractivity contribution in [2.75, 3.05) is 30.5 Å². The normalized spacial score (nSPS) is 14.1. The molecule has 45 heavy (non-hydrogen) atoms. The summed E-state index contributed by atoms with van der Waals surface area (Å²) < 4.78 is 56.1. The van der Waals surface area contributed by atoms with Gasteiger partial charge in [0.25, 0.3) is 7.37 Å². The maximum Gasteiger partial charge on any atom is 0.265 e. The van der Waals surface area contributed by atoms with Crippen molar-refractivity contribution in [3.8, 4) is 17.2 Å². The second-order valence-electron chi connectivity index (χ2n) is 10.7. The van der Waals surface area contributed by atoms with Gasteiger partial charge in [0.2, 0.25) is 10.0 Å². The van der Waals surface area contributed by atoms with Crippen LogP contribution in [-0.2, 0) is 27.6 Å². The van der Waals surface area contributed by atoms with Crippen LogP contribution in [0, 0.1) is 0 Å². The Kier molecular flexibility index (Phi) is 12.0. The molecule has 240 valence electrons. The van der Waals surface area contributed by atoms with Gasteiger partial charge in [-0.3, -0.25) is 9.29 Å². The highest BCUT2D eigenvalue weighted by Gasteiger charge is 2.22. The first-order valence-corrected chi connectivity index (χ1v) is 18.1. The maximum absolute atomic E-state index is 12.6. The number of aliphatic hydroxyl groups is 1. The molecular formula is C33H39N2O8PS. The predicted molar refractivity (Wildman–Crippen MR) is 176 cm³/mol. The van der Waals surface area contributed by atoms with Crippen LogP contribution in [0.1, 0.15) is 18.1 Å². The summed E-state index contributed by atoms with van der Waals surface area (Å²) in [6, 6.07) is 30.1. The molecule has 0 fully saturated rings. The third-order valence-corrected chi connectivity index (χ3v) is 8.83. The molecule has 0 aliphatic heterocycles. The minimum Gasteiger partial charge on any atom is -0.491 e. The molecule has 4 N–H and O–H groups in total. The Hall–Kier alpha value is -3.86. The zero-order chi connectivity index (χ0) is 32.3. The molecule has 0 saturated carbocycles. The summed E-state index contributed by atoms with van der Waals surface area (Å²) in [7, 11) is -7.19. The van der Waals surface area contributed by atoms with Gasteiger partial charge in [-0.2, -0.15) is 0 Å². The summed E-state index contributed by atoms with van der Waals surface area (Å²) in [5, 5.41) is 14.1. The molecule has 0 heterocycles. The van der Waals surface area contributed by atoms with Crippen molar-refractivity contribution >= 4 is 28.4 Å². The average molecular weight is 655 g/mol. The molecule has 0 amide bonds. The molecule has 10 nitrogen and oxygen atoms in total. The lowest BCUT2D eigenvalue weighted by Crippen LogP contribution is -2.37. The number of sulfonamides is 1. The topological polar surface area (TPSA) is 143 Å². The second kappa shape index (κ2) is 15.9. The summed E-state index contributed by atoms with van der Waals surface area (Å²) in [5.74, 6) is 1.24. The van der Waals surface area contributed by atoms with E-state index in [-0.39, 0.29) is 37.8 Å². The van der Waals surface area contributed by atoms with Crippen molar-refractivity contribution in [1.82, 2.24) is 5.32 Å². The van der Waals surface area contributed by atoms with Crippen molar-refractivity contribution < 1.29 is 37.2 Å². The van der Waals surface area contributed by atoms with E-state index in [0.29, 0.717) is 29.0 Å². The van der Waals surface area contributed by atoms with Gasteiger partial charge in [-0.05, 0) is 60.9 Å². The third-order valence-electron chi connectivity index (χ3n) is 6.66. The molecule has 0 radical (unpaired) electrons. The fourth-order valence-corrected chi connectivity index (χ4v) is 6.04. The molecule has 4 aromatic carbocycles. The zero-order valence-electron chi connectivity index (χ0n) is 25.2. The van der Waals surface area contributed by atoms with E-state index < -0.39 is 23.5 Å². The van der Waals surface area contributed by atoms with E-state index in [1.807, 2.05) is 49.4 Å². The summed E-state index contributed by atoms with van der Waals surface area (Å²) in [4.78, 5) is 10.3. The lowest BCUT2D eigenvalue weighted by Gasteiger charge is -2.19. The standard InChI is InChI=1S/C33H39N2O8PS/c1-25(19-26-13-15-29(16-14-26)43-24-44(37,38)31-11-7-4-8-12-31)34-21-28(36)23-41-30-17-18-33(32(20-30)35-45(2,39)40)42-22-27-9-5-3-6-10-27/h3-18,20,25,28,34-36H,19,21-24H2,1-2H3,(H,37,38). The van der Waals surface area contributed by atoms with Crippen molar-refractivity contribution in [1.29, 1.82) is 0 Å². The van der Waals surface area contributed by atoms with Crippen LogP contribution in [0.4, 0.5) is 5.69 Å². The number of aliphatic hydroxyl groups excluding tert-OH is 1. The largest absolute Gasteiger partial charge is 0.491 e. The molecule has 0 aromatic heterocycles. The summed E-state index contributed by atoms with van der Waals surface area (Å²) in [6.07, 6.45) is 0.613. The number of nitrogens with one attached hydrogen (secondary N) is 2. The Labute approximate surface area is 264 Å². The van der Waals surface area contributed by atoms with E-state index in [9.17, 15) is 23.0 Å². The Bertz CT molecular complexity index is 1660. The quantitative estimate of drug-likeness (QED) is 0.121. The molecule has 0 aliphatic carbocycles. The molecule has 3 atom stereocenters. The molecule has 4 aromatic rings. The molecule has 3 unspecified atom stereocenters. The number of benzene rings is 4. The molecule has 12 heteroatoms. The molecular weight excluding hydrogens is 615 g/mol. The molecule has 0 saturated heterocycles. The maximum atomic E-state index is 12.6. The first kappa shape index (κ1) is 34.0. The SMILES string of the molecule is CC(Cc1ccc(OCP(=O)(O)c2ccccc2)cc1)NCC(O)COc1ccc(OCc2ccccc2)c(NS(C)(=O)=O)c1. The van der Waals surface area contributed by atoms with E-state index in [2.05, 4.69) is 10.0 Å². The predicted octanol–water partition coefficient (Wildman–Crippen LogP) is 4.53. The van der Waals surface area contributed by atoms with Crippen molar-refractivity contribution in [3.05, 3.63) is 114 Å². The van der Waals surface area contributed by atoms with Crippen LogP contribution in [0.3, 0.4) is 0 Å². The van der Waals surface area contributed by atoms with Crippen LogP contribution in [0.15, 0.2) is 103 Å². The van der Waals surface area contributed by atoms with E-state index >= 15 is 0 Å². The van der Waals surface area contributed by atoms with Crippen LogP contribution < -0.4 is 29.6 Å². The first-order chi connectivity index (χ1) is 21.5.